The molecule has 0 aromatic heterocycles. The molecule has 3 heteroatoms. The van der Waals surface area contributed by atoms with Gasteiger partial charge < -0.3 is 4.74 Å². The SMILES string of the molecule is COC(=O)[C@H]1CC(c2ccccc2)=C(c2ccccc2)C[C@H]1C(=O)c1ccccc1. The Labute approximate surface area is 177 Å². The Bertz CT molecular complexity index is 1050. The van der Waals surface area contributed by atoms with Crippen LogP contribution < -0.4 is 0 Å². The maximum Gasteiger partial charge on any atom is 0.309 e. The lowest BCUT2D eigenvalue weighted by atomic mass is 9.70. The normalized spacial score (nSPS) is 18.7. The maximum atomic E-state index is 13.4. The molecule has 1 aliphatic rings. The van der Waals surface area contributed by atoms with Crippen LogP contribution in [0.4, 0.5) is 0 Å². The third-order valence-electron chi connectivity index (χ3n) is 5.84. The van der Waals surface area contributed by atoms with E-state index < -0.39 is 11.8 Å². The van der Waals surface area contributed by atoms with Crippen molar-refractivity contribution in [1.29, 1.82) is 0 Å². The molecule has 0 spiro atoms. The molecule has 2 atom stereocenters. The molecule has 1 aliphatic carbocycles. The molecule has 4 rings (SSSR count). The molecule has 0 amide bonds. The van der Waals surface area contributed by atoms with Gasteiger partial charge in [-0.3, -0.25) is 9.59 Å². The summed E-state index contributed by atoms with van der Waals surface area (Å²) in [5, 5.41) is 0. The van der Waals surface area contributed by atoms with Crippen LogP contribution in [0.3, 0.4) is 0 Å². The Morgan fingerprint density at radius 1 is 0.667 bits per heavy atom. The third kappa shape index (κ3) is 3.97. The number of benzene rings is 3. The van der Waals surface area contributed by atoms with Crippen LogP contribution in [0.2, 0.25) is 0 Å². The van der Waals surface area contributed by atoms with E-state index in [4.69, 9.17) is 4.74 Å². The predicted octanol–water partition coefficient (Wildman–Crippen LogP) is 5.68. The monoisotopic (exact) mass is 396 g/mol. The number of ether oxygens (including phenoxy) is 1. The van der Waals surface area contributed by atoms with E-state index in [1.807, 2.05) is 66.7 Å². The summed E-state index contributed by atoms with van der Waals surface area (Å²) in [6.07, 6.45) is 0.978. The van der Waals surface area contributed by atoms with E-state index in [0.717, 1.165) is 22.3 Å². The van der Waals surface area contributed by atoms with Gasteiger partial charge in [0.1, 0.15) is 0 Å². The Kier molecular flexibility index (Phi) is 5.89. The fraction of sp³-hybridized carbons (Fsp3) is 0.185. The molecule has 0 saturated heterocycles. The zero-order chi connectivity index (χ0) is 20.9. The summed E-state index contributed by atoms with van der Waals surface area (Å²) in [4.78, 5) is 26.2. The van der Waals surface area contributed by atoms with Crippen molar-refractivity contribution < 1.29 is 14.3 Å². The number of hydrogen-bond donors (Lipinski definition) is 0. The van der Waals surface area contributed by atoms with Gasteiger partial charge in [0, 0.05) is 11.5 Å². The largest absolute Gasteiger partial charge is 0.469 e. The van der Waals surface area contributed by atoms with Crippen molar-refractivity contribution in [2.24, 2.45) is 11.8 Å². The molecule has 0 saturated carbocycles. The number of allylic oxidation sites excluding steroid dienone is 2. The molecule has 0 bridgehead atoms. The molecule has 3 aromatic carbocycles. The number of esters is 1. The molecule has 0 fully saturated rings. The van der Waals surface area contributed by atoms with E-state index in [0.29, 0.717) is 18.4 Å². The second kappa shape index (κ2) is 8.91. The van der Waals surface area contributed by atoms with Crippen LogP contribution in [0.25, 0.3) is 11.1 Å². The predicted molar refractivity (Wildman–Crippen MR) is 119 cm³/mol. The molecule has 30 heavy (non-hydrogen) atoms. The minimum atomic E-state index is -0.509. The van der Waals surface area contributed by atoms with Crippen molar-refractivity contribution >= 4 is 22.9 Å². The van der Waals surface area contributed by atoms with Crippen molar-refractivity contribution in [1.82, 2.24) is 0 Å². The van der Waals surface area contributed by atoms with Crippen LogP contribution in [-0.4, -0.2) is 18.9 Å². The van der Waals surface area contributed by atoms with Crippen molar-refractivity contribution in [3.63, 3.8) is 0 Å². The molecule has 0 unspecified atom stereocenters. The first-order valence-electron chi connectivity index (χ1n) is 10.2. The first kappa shape index (κ1) is 19.8. The number of Topliss-reactive ketones (excluding diaryl/α,β-unsaturated/α-hetero) is 1. The number of ketones is 1. The van der Waals surface area contributed by atoms with Crippen molar-refractivity contribution in [3.05, 3.63) is 108 Å². The number of rotatable bonds is 5. The highest BCUT2D eigenvalue weighted by atomic mass is 16.5. The average Bonchev–Trinajstić information content (AvgIpc) is 2.84. The van der Waals surface area contributed by atoms with Crippen LogP contribution in [0.5, 0.6) is 0 Å². The van der Waals surface area contributed by atoms with E-state index in [1.165, 1.54) is 7.11 Å². The first-order valence-corrected chi connectivity index (χ1v) is 10.2. The quantitative estimate of drug-likeness (QED) is 0.412. The molecule has 0 aliphatic heterocycles. The highest BCUT2D eigenvalue weighted by molar-refractivity contribution is 6.04. The third-order valence-corrected chi connectivity index (χ3v) is 5.84. The van der Waals surface area contributed by atoms with E-state index in [9.17, 15) is 9.59 Å². The number of carbonyl (C=O) groups excluding carboxylic acids is 2. The van der Waals surface area contributed by atoms with Gasteiger partial charge in [0.25, 0.3) is 0 Å². The molecule has 3 nitrogen and oxygen atoms in total. The second-order valence-electron chi connectivity index (χ2n) is 7.56. The van der Waals surface area contributed by atoms with Gasteiger partial charge in [-0.15, -0.1) is 0 Å². The summed E-state index contributed by atoms with van der Waals surface area (Å²) < 4.78 is 5.12. The smallest absolute Gasteiger partial charge is 0.309 e. The highest BCUT2D eigenvalue weighted by Crippen LogP contribution is 2.45. The fourth-order valence-electron chi connectivity index (χ4n) is 4.32. The zero-order valence-electron chi connectivity index (χ0n) is 17.0. The molecule has 3 aromatic rings. The van der Waals surface area contributed by atoms with Crippen LogP contribution in [0, 0.1) is 11.8 Å². The van der Waals surface area contributed by atoms with Gasteiger partial charge in [0.05, 0.1) is 13.0 Å². The average molecular weight is 396 g/mol. The van der Waals surface area contributed by atoms with Crippen LogP contribution >= 0.6 is 0 Å². The van der Waals surface area contributed by atoms with Crippen LogP contribution in [-0.2, 0) is 9.53 Å². The summed E-state index contributed by atoms with van der Waals surface area (Å²) in [5.74, 6) is -1.30. The Morgan fingerprint density at radius 2 is 1.10 bits per heavy atom. The van der Waals surface area contributed by atoms with Gasteiger partial charge in [0.2, 0.25) is 0 Å². The lowest BCUT2D eigenvalue weighted by Crippen LogP contribution is -2.34. The molecule has 0 heterocycles. The molecular formula is C27H24O3. The second-order valence-corrected chi connectivity index (χ2v) is 7.56. The summed E-state index contributed by atoms with van der Waals surface area (Å²) >= 11 is 0. The van der Waals surface area contributed by atoms with Crippen molar-refractivity contribution in [2.75, 3.05) is 7.11 Å². The molecule has 0 N–H and O–H groups in total. The Morgan fingerprint density at radius 3 is 1.57 bits per heavy atom. The van der Waals surface area contributed by atoms with Crippen molar-refractivity contribution in [3.8, 4) is 0 Å². The fourth-order valence-corrected chi connectivity index (χ4v) is 4.32. The van der Waals surface area contributed by atoms with Crippen LogP contribution in [0.1, 0.15) is 34.3 Å². The molecule has 150 valence electrons. The first-order chi connectivity index (χ1) is 14.7. The van der Waals surface area contributed by atoms with E-state index in [-0.39, 0.29) is 11.8 Å². The minimum absolute atomic E-state index is 0.00783. The standard InChI is InChI=1S/C27H24O3/c1-30-27(29)25-18-23(20-13-7-3-8-14-20)22(19-11-5-2-6-12-19)17-24(25)26(28)21-15-9-4-10-16-21/h2-16,24-25H,17-18H2,1H3/t24-,25+/m1/s1. The van der Waals surface area contributed by atoms with E-state index in [1.54, 1.807) is 0 Å². The summed E-state index contributed by atoms with van der Waals surface area (Å²) in [5.41, 5.74) is 5.03. The lowest BCUT2D eigenvalue weighted by Gasteiger charge is -2.33. The zero-order valence-corrected chi connectivity index (χ0v) is 17.0. The molecular weight excluding hydrogens is 372 g/mol. The van der Waals surface area contributed by atoms with Crippen molar-refractivity contribution in [2.45, 2.75) is 12.8 Å². The van der Waals surface area contributed by atoms with Gasteiger partial charge in [-0.1, -0.05) is 91.0 Å². The van der Waals surface area contributed by atoms with Gasteiger partial charge in [-0.05, 0) is 35.1 Å². The Hall–Kier alpha value is -3.46. The number of hydrogen-bond acceptors (Lipinski definition) is 3. The lowest BCUT2D eigenvalue weighted by molar-refractivity contribution is -0.146. The summed E-state index contributed by atoms with van der Waals surface area (Å²) in [6.45, 7) is 0. The minimum Gasteiger partial charge on any atom is -0.469 e. The highest BCUT2D eigenvalue weighted by Gasteiger charge is 2.40. The van der Waals surface area contributed by atoms with Gasteiger partial charge in [-0.2, -0.15) is 0 Å². The topological polar surface area (TPSA) is 43.4 Å². The van der Waals surface area contributed by atoms with E-state index in [2.05, 4.69) is 24.3 Å². The van der Waals surface area contributed by atoms with E-state index >= 15 is 0 Å². The van der Waals surface area contributed by atoms with Gasteiger partial charge in [-0.25, -0.2) is 0 Å². The summed E-state index contributed by atoms with van der Waals surface area (Å²) in [7, 11) is 1.39. The van der Waals surface area contributed by atoms with Crippen LogP contribution in [0.15, 0.2) is 91.0 Å². The van der Waals surface area contributed by atoms with Gasteiger partial charge in [0.15, 0.2) is 5.78 Å². The molecule has 0 radical (unpaired) electrons. The maximum absolute atomic E-state index is 13.4. The number of carbonyl (C=O) groups is 2. The van der Waals surface area contributed by atoms with Gasteiger partial charge >= 0.3 is 5.97 Å². The Balaban J connectivity index is 1.84. The number of methoxy groups -OCH3 is 1. The summed E-state index contributed by atoms with van der Waals surface area (Å²) in [6, 6.07) is 29.5.